The maximum absolute atomic E-state index is 4.61. The van der Waals surface area contributed by atoms with Crippen molar-refractivity contribution >= 4 is 17.7 Å². The number of aromatic nitrogens is 2. The van der Waals surface area contributed by atoms with E-state index < -0.39 is 0 Å². The molecule has 0 saturated carbocycles. The van der Waals surface area contributed by atoms with Gasteiger partial charge in [0, 0.05) is 43.5 Å². The van der Waals surface area contributed by atoms with Crippen molar-refractivity contribution in [2.24, 2.45) is 12.0 Å². The van der Waals surface area contributed by atoms with Crippen molar-refractivity contribution in [2.45, 2.75) is 18.2 Å². The molecule has 2 rings (SSSR count). The van der Waals surface area contributed by atoms with E-state index in [0.29, 0.717) is 0 Å². The molecule has 1 aromatic carbocycles. The van der Waals surface area contributed by atoms with Crippen molar-refractivity contribution in [3.63, 3.8) is 0 Å². The van der Waals surface area contributed by atoms with Gasteiger partial charge in [0.25, 0.3) is 0 Å². The summed E-state index contributed by atoms with van der Waals surface area (Å²) >= 11 is 1.85. The van der Waals surface area contributed by atoms with Crippen LogP contribution in [0.15, 0.2) is 52.6 Å². The van der Waals surface area contributed by atoms with E-state index in [4.69, 9.17) is 0 Å². The second-order valence-corrected chi connectivity index (χ2v) is 6.29. The lowest BCUT2D eigenvalue weighted by atomic mass is 10.3. The van der Waals surface area contributed by atoms with E-state index in [9.17, 15) is 0 Å². The molecule has 0 saturated heterocycles. The summed E-state index contributed by atoms with van der Waals surface area (Å²) in [6.45, 7) is 4.59. The van der Waals surface area contributed by atoms with Gasteiger partial charge < -0.3 is 10.6 Å². The first-order valence-electron chi connectivity index (χ1n) is 7.95. The van der Waals surface area contributed by atoms with E-state index in [2.05, 4.69) is 51.9 Å². The average Bonchev–Trinajstić information content (AvgIpc) is 2.98. The maximum atomic E-state index is 4.61. The van der Waals surface area contributed by atoms with Crippen LogP contribution in [-0.2, 0) is 13.5 Å². The molecule has 0 aliphatic heterocycles. The van der Waals surface area contributed by atoms with Crippen molar-refractivity contribution in [1.29, 1.82) is 0 Å². The van der Waals surface area contributed by atoms with Crippen LogP contribution in [0.2, 0.25) is 0 Å². The van der Waals surface area contributed by atoms with Crippen molar-refractivity contribution in [3.05, 3.63) is 48.3 Å². The summed E-state index contributed by atoms with van der Waals surface area (Å²) in [4.78, 5) is 5.91. The molecule has 0 spiro atoms. The zero-order valence-electron chi connectivity index (χ0n) is 13.8. The van der Waals surface area contributed by atoms with Gasteiger partial charge in [-0.3, -0.25) is 9.67 Å². The first-order valence-corrected chi connectivity index (χ1v) is 8.94. The Balaban J connectivity index is 1.70. The second kappa shape index (κ2) is 9.94. The lowest BCUT2D eigenvalue weighted by Gasteiger charge is -2.11. The number of nitrogens with one attached hydrogen (secondary N) is 2. The summed E-state index contributed by atoms with van der Waals surface area (Å²) in [6, 6.07) is 10.5. The smallest absolute Gasteiger partial charge is 0.191 e. The van der Waals surface area contributed by atoms with Gasteiger partial charge in [-0.15, -0.1) is 11.8 Å². The number of rotatable bonds is 8. The monoisotopic (exact) mass is 331 g/mol. The minimum Gasteiger partial charge on any atom is -0.357 e. The molecule has 0 aliphatic rings. The molecule has 0 aliphatic carbocycles. The molecule has 0 amide bonds. The van der Waals surface area contributed by atoms with E-state index >= 15 is 0 Å². The largest absolute Gasteiger partial charge is 0.357 e. The predicted octanol–water partition coefficient (Wildman–Crippen LogP) is 2.31. The van der Waals surface area contributed by atoms with Gasteiger partial charge in [-0.25, -0.2) is 0 Å². The zero-order chi connectivity index (χ0) is 16.3. The number of hydrogen-bond acceptors (Lipinski definition) is 3. The Hall–Kier alpha value is -1.95. The van der Waals surface area contributed by atoms with Crippen molar-refractivity contribution in [2.75, 3.05) is 25.4 Å². The van der Waals surface area contributed by atoms with Crippen molar-refractivity contribution in [1.82, 2.24) is 20.4 Å². The van der Waals surface area contributed by atoms with Gasteiger partial charge in [0.15, 0.2) is 5.96 Å². The van der Waals surface area contributed by atoms with Crippen LogP contribution in [0.3, 0.4) is 0 Å². The molecule has 1 heterocycles. The molecule has 0 fully saturated rings. The molecule has 0 radical (unpaired) electrons. The quantitative estimate of drug-likeness (QED) is 0.337. The number of nitrogens with zero attached hydrogens (tertiary/aromatic N) is 3. The minimum absolute atomic E-state index is 0.757. The highest BCUT2D eigenvalue weighted by molar-refractivity contribution is 7.99. The molecule has 6 heteroatoms. The van der Waals surface area contributed by atoms with Crippen LogP contribution in [0.1, 0.15) is 12.5 Å². The van der Waals surface area contributed by atoms with Crippen molar-refractivity contribution < 1.29 is 0 Å². The third-order valence-electron chi connectivity index (χ3n) is 3.18. The van der Waals surface area contributed by atoms with Crippen molar-refractivity contribution in [3.8, 4) is 0 Å². The molecule has 23 heavy (non-hydrogen) atoms. The van der Waals surface area contributed by atoms with Gasteiger partial charge in [0.05, 0.1) is 6.20 Å². The van der Waals surface area contributed by atoms with Crippen LogP contribution >= 0.6 is 11.8 Å². The van der Waals surface area contributed by atoms with E-state index in [1.807, 2.05) is 42.0 Å². The number of aliphatic imine (C=N–C) groups is 1. The fourth-order valence-electron chi connectivity index (χ4n) is 2.09. The Morgan fingerprint density at radius 3 is 2.78 bits per heavy atom. The Labute approximate surface area is 142 Å². The van der Waals surface area contributed by atoms with E-state index in [1.165, 1.54) is 10.5 Å². The molecule has 0 unspecified atom stereocenters. The third kappa shape index (κ3) is 6.78. The topological polar surface area (TPSA) is 54.2 Å². The van der Waals surface area contributed by atoms with Crippen LogP contribution in [0.4, 0.5) is 0 Å². The number of thioether (sulfide) groups is 1. The molecule has 2 N–H and O–H groups in total. The summed E-state index contributed by atoms with van der Waals surface area (Å²) in [6.07, 6.45) is 4.84. The summed E-state index contributed by atoms with van der Waals surface area (Å²) in [5, 5.41) is 10.8. The second-order valence-electron chi connectivity index (χ2n) is 5.12. The summed E-state index contributed by atoms with van der Waals surface area (Å²) < 4.78 is 1.82. The highest BCUT2D eigenvalue weighted by Crippen LogP contribution is 2.15. The normalized spacial score (nSPS) is 11.5. The van der Waals surface area contributed by atoms with Crippen LogP contribution in [0.5, 0.6) is 0 Å². The third-order valence-corrected chi connectivity index (χ3v) is 4.19. The SMILES string of the molecule is CCNC(=NCCc1cnn(C)c1)NCCSc1ccccc1. The molecular formula is C17H25N5S. The minimum atomic E-state index is 0.757. The maximum Gasteiger partial charge on any atom is 0.191 e. The number of hydrogen-bond donors (Lipinski definition) is 2. The van der Waals surface area contributed by atoms with Gasteiger partial charge in [0.2, 0.25) is 0 Å². The van der Waals surface area contributed by atoms with Crippen LogP contribution in [0, 0.1) is 0 Å². The molecule has 0 bridgehead atoms. The Morgan fingerprint density at radius 1 is 1.26 bits per heavy atom. The van der Waals surface area contributed by atoms with Gasteiger partial charge in [-0.05, 0) is 31.0 Å². The molecular weight excluding hydrogens is 306 g/mol. The molecule has 2 aromatic rings. The Kier molecular flexibility index (Phi) is 7.52. The highest BCUT2D eigenvalue weighted by atomic mass is 32.2. The number of guanidine groups is 1. The van der Waals surface area contributed by atoms with Crippen LogP contribution in [-0.4, -0.2) is 41.1 Å². The first kappa shape index (κ1) is 17.4. The predicted molar refractivity (Wildman–Crippen MR) is 98.1 cm³/mol. The Bertz CT molecular complexity index is 594. The van der Waals surface area contributed by atoms with Gasteiger partial charge in [0.1, 0.15) is 0 Å². The van der Waals surface area contributed by atoms with Gasteiger partial charge in [-0.1, -0.05) is 18.2 Å². The van der Waals surface area contributed by atoms with Gasteiger partial charge >= 0.3 is 0 Å². The molecule has 124 valence electrons. The summed E-state index contributed by atoms with van der Waals surface area (Å²) in [5.41, 5.74) is 1.21. The average molecular weight is 331 g/mol. The molecule has 5 nitrogen and oxygen atoms in total. The molecule has 0 atom stereocenters. The van der Waals surface area contributed by atoms with Crippen LogP contribution in [0.25, 0.3) is 0 Å². The Morgan fingerprint density at radius 2 is 2.09 bits per heavy atom. The summed E-state index contributed by atoms with van der Waals surface area (Å²) in [7, 11) is 1.93. The lowest BCUT2D eigenvalue weighted by molar-refractivity contribution is 0.766. The van der Waals surface area contributed by atoms with E-state index in [1.54, 1.807) is 0 Å². The molecule has 1 aromatic heterocycles. The summed E-state index contributed by atoms with van der Waals surface area (Å²) in [5.74, 6) is 1.89. The highest BCUT2D eigenvalue weighted by Gasteiger charge is 1.99. The van der Waals surface area contributed by atoms with Gasteiger partial charge in [-0.2, -0.15) is 5.10 Å². The number of benzene rings is 1. The van der Waals surface area contributed by atoms with Crippen LogP contribution < -0.4 is 10.6 Å². The fraction of sp³-hybridized carbons (Fsp3) is 0.412. The lowest BCUT2D eigenvalue weighted by Crippen LogP contribution is -2.38. The van der Waals surface area contributed by atoms with E-state index in [0.717, 1.165) is 37.8 Å². The fourth-order valence-corrected chi connectivity index (χ4v) is 2.88. The standard InChI is InChI=1S/C17H25N5S/c1-3-18-17(19-10-9-15-13-21-22(2)14-15)20-11-12-23-16-7-5-4-6-8-16/h4-8,13-14H,3,9-12H2,1-2H3,(H2,18,19,20). The zero-order valence-corrected chi connectivity index (χ0v) is 14.6. The first-order chi connectivity index (χ1) is 11.3. The number of aryl methyl sites for hydroxylation is 1. The van der Waals surface area contributed by atoms with E-state index in [-0.39, 0.29) is 0 Å².